The summed E-state index contributed by atoms with van der Waals surface area (Å²) in [5.74, 6) is -0.523. The smallest absolute Gasteiger partial charge is 0.319 e. The summed E-state index contributed by atoms with van der Waals surface area (Å²) in [6, 6.07) is 8.80. The summed E-state index contributed by atoms with van der Waals surface area (Å²) in [6.07, 6.45) is 1.29. The fourth-order valence-electron chi connectivity index (χ4n) is 1.75. The fraction of sp³-hybridized carbons (Fsp3) is 0.0625. The van der Waals surface area contributed by atoms with E-state index in [-0.39, 0.29) is 12.3 Å². The highest BCUT2D eigenvalue weighted by atomic mass is 79.9. The van der Waals surface area contributed by atoms with Gasteiger partial charge in [0.2, 0.25) is 0 Å². The molecule has 0 aliphatic carbocycles. The lowest BCUT2D eigenvalue weighted by Crippen LogP contribution is -2.37. The molecule has 4 N–H and O–H groups in total. The molecule has 0 fully saturated rings. The molecule has 0 bridgehead atoms. The van der Waals surface area contributed by atoms with Crippen molar-refractivity contribution in [1.29, 1.82) is 0 Å². The van der Waals surface area contributed by atoms with Gasteiger partial charge in [0.1, 0.15) is 12.3 Å². The first-order valence-electron chi connectivity index (χ1n) is 7.15. The summed E-state index contributed by atoms with van der Waals surface area (Å²) in [5, 5.41) is 18.9. The molecule has 0 atom stereocenters. The summed E-state index contributed by atoms with van der Waals surface area (Å²) >= 11 is 14.9. The van der Waals surface area contributed by atoms with Crippen LogP contribution >= 0.6 is 39.1 Å². The third-order valence-electron chi connectivity index (χ3n) is 2.97. The van der Waals surface area contributed by atoms with Gasteiger partial charge in [0.25, 0.3) is 5.91 Å². The number of hydrazone groups is 1. The van der Waals surface area contributed by atoms with Crippen molar-refractivity contribution in [1.82, 2.24) is 10.7 Å². The minimum atomic E-state index is -0.591. The van der Waals surface area contributed by atoms with E-state index in [0.29, 0.717) is 21.3 Å². The van der Waals surface area contributed by atoms with Gasteiger partial charge in [-0.3, -0.25) is 4.79 Å². The average Bonchev–Trinajstić information content (AvgIpc) is 2.59. The van der Waals surface area contributed by atoms with Gasteiger partial charge in [-0.25, -0.2) is 10.2 Å². The maximum Gasteiger partial charge on any atom is 0.319 e. The number of rotatable bonds is 5. The number of aromatic hydroxyl groups is 1. The number of nitrogens with zero attached hydrogens (tertiary/aromatic N) is 1. The first-order chi connectivity index (χ1) is 12.3. The number of anilines is 1. The molecule has 26 heavy (non-hydrogen) atoms. The standard InChI is InChI=1S/C16H13BrCl2N4O3/c17-10-1-4-14(24)9(5-10)7-21-23-15(25)8-20-16(26)22-11-2-3-12(18)13(19)6-11/h1-7,24H,8H2,(H,23,25)(H2,20,22,26)/b21-7-. The molecule has 0 aliphatic heterocycles. The van der Waals surface area contributed by atoms with E-state index in [1.165, 1.54) is 24.4 Å². The van der Waals surface area contributed by atoms with Crippen LogP contribution in [0.4, 0.5) is 10.5 Å². The molecule has 2 aromatic carbocycles. The SMILES string of the molecule is O=C(CNC(=O)Nc1ccc(Cl)c(Cl)c1)N/N=C\c1cc(Br)ccc1O. The van der Waals surface area contributed by atoms with E-state index in [4.69, 9.17) is 23.2 Å². The minimum absolute atomic E-state index is 0.0188. The van der Waals surface area contributed by atoms with Crippen LogP contribution in [0.15, 0.2) is 46.0 Å². The highest BCUT2D eigenvalue weighted by Gasteiger charge is 2.06. The number of hydrogen-bond donors (Lipinski definition) is 4. The molecular formula is C16H13BrCl2N4O3. The number of phenolic OH excluding ortho intramolecular Hbond substituents is 1. The quantitative estimate of drug-likeness (QED) is 0.404. The molecule has 0 saturated carbocycles. The Labute approximate surface area is 167 Å². The summed E-state index contributed by atoms with van der Waals surface area (Å²) in [5.41, 5.74) is 3.09. The van der Waals surface area contributed by atoms with E-state index >= 15 is 0 Å². The van der Waals surface area contributed by atoms with Crippen molar-refractivity contribution in [3.8, 4) is 5.75 Å². The normalized spacial score (nSPS) is 10.6. The second kappa shape index (κ2) is 9.42. The first-order valence-corrected chi connectivity index (χ1v) is 8.70. The maximum atomic E-state index is 11.7. The van der Waals surface area contributed by atoms with Gasteiger partial charge in [-0.05, 0) is 36.4 Å². The number of phenols is 1. The zero-order chi connectivity index (χ0) is 19.1. The molecule has 2 aromatic rings. The van der Waals surface area contributed by atoms with E-state index in [9.17, 15) is 14.7 Å². The maximum absolute atomic E-state index is 11.7. The molecule has 10 heteroatoms. The Bertz CT molecular complexity index is 861. The second-order valence-corrected chi connectivity index (χ2v) is 6.66. The van der Waals surface area contributed by atoms with E-state index in [1.807, 2.05) is 0 Å². The van der Waals surface area contributed by atoms with Crippen molar-refractivity contribution in [2.75, 3.05) is 11.9 Å². The summed E-state index contributed by atoms with van der Waals surface area (Å²) in [7, 11) is 0. The highest BCUT2D eigenvalue weighted by Crippen LogP contribution is 2.24. The number of halogens is 3. The second-order valence-electron chi connectivity index (χ2n) is 4.93. The van der Waals surface area contributed by atoms with Crippen LogP contribution in [0.1, 0.15) is 5.56 Å². The number of nitrogens with one attached hydrogen (secondary N) is 3. The van der Waals surface area contributed by atoms with Crippen LogP contribution in [-0.4, -0.2) is 29.8 Å². The first kappa shape index (κ1) is 20.0. The van der Waals surface area contributed by atoms with Crippen molar-refractivity contribution >= 4 is 63.0 Å². The van der Waals surface area contributed by atoms with Gasteiger partial charge in [0, 0.05) is 15.7 Å². The molecule has 0 spiro atoms. The van der Waals surface area contributed by atoms with Gasteiger partial charge in [-0.15, -0.1) is 0 Å². The van der Waals surface area contributed by atoms with Crippen molar-refractivity contribution in [2.45, 2.75) is 0 Å². The monoisotopic (exact) mass is 458 g/mol. The predicted octanol–water partition coefficient (Wildman–Crippen LogP) is 3.73. The Kier molecular flexibility index (Phi) is 7.26. The molecule has 2 rings (SSSR count). The average molecular weight is 460 g/mol. The molecule has 0 saturated heterocycles. The Morgan fingerprint density at radius 3 is 2.65 bits per heavy atom. The predicted molar refractivity (Wildman–Crippen MR) is 105 cm³/mol. The fourth-order valence-corrected chi connectivity index (χ4v) is 2.43. The third-order valence-corrected chi connectivity index (χ3v) is 4.20. The molecular weight excluding hydrogens is 447 g/mol. The molecule has 0 heterocycles. The summed E-state index contributed by atoms with van der Waals surface area (Å²) in [4.78, 5) is 23.4. The lowest BCUT2D eigenvalue weighted by molar-refractivity contribution is -0.120. The van der Waals surface area contributed by atoms with Gasteiger partial charge >= 0.3 is 6.03 Å². The Morgan fingerprint density at radius 2 is 1.92 bits per heavy atom. The Morgan fingerprint density at radius 1 is 1.15 bits per heavy atom. The lowest BCUT2D eigenvalue weighted by atomic mass is 10.2. The molecule has 136 valence electrons. The van der Waals surface area contributed by atoms with Crippen molar-refractivity contribution in [3.63, 3.8) is 0 Å². The Hall–Kier alpha value is -2.29. The van der Waals surface area contributed by atoms with E-state index < -0.39 is 11.9 Å². The van der Waals surface area contributed by atoms with Crippen LogP contribution in [-0.2, 0) is 4.79 Å². The molecule has 0 unspecified atom stereocenters. The molecule has 7 nitrogen and oxygen atoms in total. The number of benzene rings is 2. The summed E-state index contributed by atoms with van der Waals surface area (Å²) in [6.45, 7) is -0.297. The van der Waals surface area contributed by atoms with Crippen LogP contribution in [0.25, 0.3) is 0 Å². The van der Waals surface area contributed by atoms with Gasteiger partial charge in [-0.2, -0.15) is 5.10 Å². The van der Waals surface area contributed by atoms with E-state index in [0.717, 1.165) is 4.47 Å². The van der Waals surface area contributed by atoms with E-state index in [1.54, 1.807) is 18.2 Å². The minimum Gasteiger partial charge on any atom is -0.507 e. The number of carbonyl (C=O) groups is 2. The third kappa shape index (κ3) is 6.21. The zero-order valence-electron chi connectivity index (χ0n) is 13.1. The number of urea groups is 1. The summed E-state index contributed by atoms with van der Waals surface area (Å²) < 4.78 is 0.753. The van der Waals surface area contributed by atoms with Gasteiger partial charge in [0.15, 0.2) is 0 Å². The number of amides is 3. The molecule has 0 radical (unpaired) electrons. The van der Waals surface area contributed by atoms with E-state index in [2.05, 4.69) is 37.1 Å². The van der Waals surface area contributed by atoms with Gasteiger partial charge in [-0.1, -0.05) is 39.1 Å². The van der Waals surface area contributed by atoms with Crippen molar-refractivity contribution in [2.24, 2.45) is 5.10 Å². The topological polar surface area (TPSA) is 103 Å². The molecule has 3 amide bonds. The van der Waals surface area contributed by atoms with Crippen molar-refractivity contribution in [3.05, 3.63) is 56.5 Å². The molecule has 0 aromatic heterocycles. The van der Waals surface area contributed by atoms with Crippen LogP contribution < -0.4 is 16.1 Å². The number of hydrogen-bond acceptors (Lipinski definition) is 4. The van der Waals surface area contributed by atoms with Gasteiger partial charge in [0.05, 0.1) is 16.3 Å². The highest BCUT2D eigenvalue weighted by molar-refractivity contribution is 9.10. The zero-order valence-corrected chi connectivity index (χ0v) is 16.2. The van der Waals surface area contributed by atoms with Crippen molar-refractivity contribution < 1.29 is 14.7 Å². The molecule has 0 aliphatic rings. The number of carbonyl (C=O) groups excluding carboxylic acids is 2. The van der Waals surface area contributed by atoms with Crippen LogP contribution in [0, 0.1) is 0 Å². The Balaban J connectivity index is 1.79. The van der Waals surface area contributed by atoms with Crippen LogP contribution in [0.2, 0.25) is 10.0 Å². The van der Waals surface area contributed by atoms with Gasteiger partial charge < -0.3 is 15.7 Å². The lowest BCUT2D eigenvalue weighted by Gasteiger charge is -2.07. The largest absolute Gasteiger partial charge is 0.507 e. The van der Waals surface area contributed by atoms with Crippen LogP contribution in [0.5, 0.6) is 5.75 Å². The van der Waals surface area contributed by atoms with Crippen LogP contribution in [0.3, 0.4) is 0 Å².